The van der Waals surface area contributed by atoms with Gasteiger partial charge >= 0.3 is 0 Å². The van der Waals surface area contributed by atoms with Gasteiger partial charge < -0.3 is 9.84 Å². The van der Waals surface area contributed by atoms with Crippen molar-refractivity contribution in [3.8, 4) is 11.4 Å². The van der Waals surface area contributed by atoms with Gasteiger partial charge in [0.25, 0.3) is 0 Å². The Balaban J connectivity index is 1.14. The number of hydrogen-bond acceptors (Lipinski definition) is 6. The first-order chi connectivity index (χ1) is 16.1. The molecule has 4 rings (SSSR count). The second kappa shape index (κ2) is 11.7. The smallest absolute Gasteiger partial charge is 0.241 e. The highest BCUT2D eigenvalue weighted by Gasteiger charge is 2.25. The molecule has 1 saturated heterocycles. The van der Waals surface area contributed by atoms with E-state index in [-0.39, 0.29) is 11.8 Å². The average molecular weight is 485 g/mol. The number of aromatic nitrogens is 2. The van der Waals surface area contributed by atoms with E-state index in [1.165, 1.54) is 10.5 Å². The van der Waals surface area contributed by atoms with Crippen molar-refractivity contribution in [1.29, 1.82) is 0 Å². The number of amides is 1. The van der Waals surface area contributed by atoms with Crippen LogP contribution < -0.4 is 5.32 Å². The Bertz CT molecular complexity index is 1050. The van der Waals surface area contributed by atoms with E-state index < -0.39 is 0 Å². The maximum absolute atomic E-state index is 12.5. The highest BCUT2D eigenvalue weighted by molar-refractivity contribution is 7.99. The zero-order chi connectivity index (χ0) is 23.0. The normalized spacial score (nSPS) is 15.0. The molecule has 0 atom stereocenters. The Morgan fingerprint density at radius 1 is 1.21 bits per heavy atom. The van der Waals surface area contributed by atoms with Crippen molar-refractivity contribution in [2.45, 2.75) is 37.6 Å². The number of nitrogens with one attached hydrogen (secondary N) is 1. The van der Waals surface area contributed by atoms with Crippen molar-refractivity contribution >= 4 is 29.3 Å². The van der Waals surface area contributed by atoms with Crippen molar-refractivity contribution in [1.82, 2.24) is 20.4 Å². The monoisotopic (exact) mass is 484 g/mol. The molecule has 8 heteroatoms. The molecule has 1 aromatic heterocycles. The lowest BCUT2D eigenvalue weighted by Crippen LogP contribution is -2.40. The molecule has 6 nitrogen and oxygen atoms in total. The summed E-state index contributed by atoms with van der Waals surface area (Å²) in [5.41, 5.74) is 2.11. The third-order valence-corrected chi connectivity index (χ3v) is 7.11. The molecule has 2 heterocycles. The summed E-state index contributed by atoms with van der Waals surface area (Å²) in [7, 11) is 0. The Kier molecular flexibility index (Phi) is 8.42. The molecule has 1 N–H and O–H groups in total. The van der Waals surface area contributed by atoms with Crippen LogP contribution in [0.25, 0.3) is 11.4 Å². The number of thioether (sulfide) groups is 1. The van der Waals surface area contributed by atoms with E-state index in [1.807, 2.05) is 36.0 Å². The van der Waals surface area contributed by atoms with Crippen LogP contribution >= 0.6 is 23.4 Å². The van der Waals surface area contributed by atoms with E-state index in [2.05, 4.69) is 51.5 Å². The summed E-state index contributed by atoms with van der Waals surface area (Å²) in [6.45, 7) is 5.11. The number of halogens is 1. The zero-order valence-corrected chi connectivity index (χ0v) is 20.4. The molecule has 1 fully saturated rings. The van der Waals surface area contributed by atoms with Crippen LogP contribution in [0.15, 0.2) is 57.9 Å². The van der Waals surface area contributed by atoms with Crippen LogP contribution in [-0.2, 0) is 11.3 Å². The van der Waals surface area contributed by atoms with Gasteiger partial charge in [-0.15, -0.1) is 11.8 Å². The molecule has 3 aromatic rings. The summed E-state index contributed by atoms with van der Waals surface area (Å²) in [5.74, 6) is 2.39. The third-order valence-electron chi connectivity index (χ3n) is 5.78. The van der Waals surface area contributed by atoms with Gasteiger partial charge in [0.2, 0.25) is 17.6 Å². The minimum absolute atomic E-state index is 0.0794. The number of likely N-dealkylation sites (tertiary alicyclic amines) is 1. The van der Waals surface area contributed by atoms with Gasteiger partial charge in [0, 0.05) is 27.9 Å². The van der Waals surface area contributed by atoms with Gasteiger partial charge in [0.15, 0.2) is 0 Å². The predicted molar refractivity (Wildman–Crippen MR) is 132 cm³/mol. The zero-order valence-electron chi connectivity index (χ0n) is 18.8. The number of carbonyl (C=O) groups excluding carboxylic acids is 1. The molecule has 33 heavy (non-hydrogen) atoms. The van der Waals surface area contributed by atoms with Crippen LogP contribution in [0, 0.1) is 12.8 Å². The summed E-state index contributed by atoms with van der Waals surface area (Å²) in [4.78, 5) is 20.6. The molecule has 2 aromatic carbocycles. The van der Waals surface area contributed by atoms with Crippen LogP contribution in [0.1, 0.15) is 30.7 Å². The molecule has 0 radical (unpaired) electrons. The van der Waals surface area contributed by atoms with E-state index in [4.69, 9.17) is 16.1 Å². The Morgan fingerprint density at radius 2 is 2.00 bits per heavy atom. The molecule has 1 aliphatic rings. The van der Waals surface area contributed by atoms with Gasteiger partial charge in [-0.3, -0.25) is 9.69 Å². The number of benzene rings is 2. The van der Waals surface area contributed by atoms with Gasteiger partial charge in [-0.25, -0.2) is 0 Å². The van der Waals surface area contributed by atoms with Crippen molar-refractivity contribution in [3.63, 3.8) is 0 Å². The van der Waals surface area contributed by atoms with E-state index in [1.54, 1.807) is 0 Å². The summed E-state index contributed by atoms with van der Waals surface area (Å²) < 4.78 is 5.42. The SMILES string of the molecule is Cc1ccc(SCCCNC(=O)C2CCN(Cc3nc(-c4cccc(Cl)c4)no3)CC2)cc1. The number of piperidine rings is 1. The third kappa shape index (κ3) is 7.06. The molecule has 1 amide bonds. The predicted octanol–water partition coefficient (Wildman–Crippen LogP) is 5.21. The first kappa shape index (κ1) is 23.8. The van der Waals surface area contributed by atoms with Crippen molar-refractivity contribution in [3.05, 3.63) is 65.0 Å². The van der Waals surface area contributed by atoms with Crippen molar-refractivity contribution in [2.24, 2.45) is 5.92 Å². The van der Waals surface area contributed by atoms with E-state index in [0.717, 1.165) is 50.2 Å². The maximum atomic E-state index is 12.5. The second-order valence-electron chi connectivity index (χ2n) is 8.38. The van der Waals surface area contributed by atoms with Crippen LogP contribution in [0.4, 0.5) is 0 Å². The summed E-state index contributed by atoms with van der Waals surface area (Å²) in [6, 6.07) is 16.0. The summed E-state index contributed by atoms with van der Waals surface area (Å²) >= 11 is 7.88. The fraction of sp³-hybridized carbons (Fsp3) is 0.400. The van der Waals surface area contributed by atoms with Crippen LogP contribution in [-0.4, -0.2) is 46.3 Å². The van der Waals surface area contributed by atoms with Crippen molar-refractivity contribution in [2.75, 3.05) is 25.4 Å². The Labute approximate surface area is 204 Å². The molecule has 1 aliphatic heterocycles. The van der Waals surface area contributed by atoms with Gasteiger partial charge in [-0.2, -0.15) is 4.98 Å². The second-order valence-corrected chi connectivity index (χ2v) is 9.98. The lowest BCUT2D eigenvalue weighted by molar-refractivity contribution is -0.126. The van der Waals surface area contributed by atoms with Gasteiger partial charge in [0.05, 0.1) is 6.54 Å². The molecule has 0 spiro atoms. The molecule has 0 bridgehead atoms. The lowest BCUT2D eigenvalue weighted by atomic mass is 9.96. The van der Waals surface area contributed by atoms with E-state index in [0.29, 0.717) is 23.3 Å². The Morgan fingerprint density at radius 3 is 2.76 bits per heavy atom. The quantitative estimate of drug-likeness (QED) is 0.332. The summed E-state index contributed by atoms with van der Waals surface area (Å²) in [5, 5.41) is 7.83. The van der Waals surface area contributed by atoms with E-state index in [9.17, 15) is 4.79 Å². The molecule has 0 saturated carbocycles. The van der Waals surface area contributed by atoms with Gasteiger partial charge in [-0.05, 0) is 69.3 Å². The standard InChI is InChI=1S/C25H29ClN4O2S/c1-18-6-8-22(9-7-18)33-15-3-12-27-25(31)19-10-13-30(14-11-19)17-23-28-24(29-32-23)20-4-2-5-21(26)16-20/h2,4-9,16,19H,3,10-15,17H2,1H3,(H,27,31). The van der Waals surface area contributed by atoms with Gasteiger partial charge in [-0.1, -0.05) is 46.6 Å². The number of carbonyl (C=O) groups is 1. The molecule has 0 aliphatic carbocycles. The fourth-order valence-corrected chi connectivity index (χ4v) is 4.90. The van der Waals surface area contributed by atoms with Gasteiger partial charge in [0.1, 0.15) is 0 Å². The number of nitrogens with zero attached hydrogens (tertiary/aromatic N) is 3. The largest absolute Gasteiger partial charge is 0.356 e. The minimum atomic E-state index is 0.0794. The number of rotatable bonds is 9. The van der Waals surface area contributed by atoms with E-state index >= 15 is 0 Å². The minimum Gasteiger partial charge on any atom is -0.356 e. The molecular formula is C25H29ClN4O2S. The number of hydrogen-bond donors (Lipinski definition) is 1. The summed E-state index contributed by atoms with van der Waals surface area (Å²) in [6.07, 6.45) is 2.66. The first-order valence-electron chi connectivity index (χ1n) is 11.3. The molecule has 174 valence electrons. The highest BCUT2D eigenvalue weighted by atomic mass is 35.5. The molecular weight excluding hydrogens is 456 g/mol. The highest BCUT2D eigenvalue weighted by Crippen LogP contribution is 2.23. The van der Waals surface area contributed by atoms with Crippen LogP contribution in [0.5, 0.6) is 0 Å². The topological polar surface area (TPSA) is 71.3 Å². The van der Waals surface area contributed by atoms with Crippen molar-refractivity contribution < 1.29 is 9.32 Å². The first-order valence-corrected chi connectivity index (χ1v) is 12.7. The fourth-order valence-electron chi connectivity index (χ4n) is 3.86. The molecule has 0 unspecified atom stereocenters. The van der Waals surface area contributed by atoms with Crippen LogP contribution in [0.2, 0.25) is 5.02 Å². The Hall–Kier alpha value is -2.35. The number of aryl methyl sites for hydroxylation is 1. The maximum Gasteiger partial charge on any atom is 0.241 e. The average Bonchev–Trinajstić information content (AvgIpc) is 3.29. The lowest BCUT2D eigenvalue weighted by Gasteiger charge is -2.30. The van der Waals surface area contributed by atoms with Crippen LogP contribution in [0.3, 0.4) is 0 Å².